The lowest BCUT2D eigenvalue weighted by molar-refractivity contribution is -0.274. The molecular weight excluding hydrogens is 325 g/mol. The van der Waals surface area contributed by atoms with E-state index in [4.69, 9.17) is 0 Å². The lowest BCUT2D eigenvalue weighted by Gasteiger charge is -2.36. The summed E-state index contributed by atoms with van der Waals surface area (Å²) in [6.07, 6.45) is 7.99. The van der Waals surface area contributed by atoms with E-state index in [1.54, 1.807) is 6.07 Å². The van der Waals surface area contributed by atoms with E-state index in [1.165, 1.54) is 43.7 Å². The van der Waals surface area contributed by atoms with Gasteiger partial charge in [0.2, 0.25) is 0 Å². The van der Waals surface area contributed by atoms with E-state index < -0.39 is 6.36 Å². The van der Waals surface area contributed by atoms with Crippen LogP contribution in [0.5, 0.6) is 5.75 Å². The summed E-state index contributed by atoms with van der Waals surface area (Å²) in [5.41, 5.74) is 2.23. The molecule has 2 aliphatic rings. The minimum atomic E-state index is -4.62. The predicted molar refractivity (Wildman–Crippen MR) is 93.5 cm³/mol. The monoisotopic (exact) mass is 352 g/mol. The molecule has 1 nitrogen and oxygen atoms in total. The normalized spacial score (nSPS) is 26.8. The minimum Gasteiger partial charge on any atom is -0.406 e. The molecule has 4 heteroatoms. The largest absolute Gasteiger partial charge is 0.573 e. The summed E-state index contributed by atoms with van der Waals surface area (Å²) < 4.78 is 41.1. The molecule has 1 unspecified atom stereocenters. The molecule has 0 spiro atoms. The maximum Gasteiger partial charge on any atom is 0.573 e. The van der Waals surface area contributed by atoms with Crippen molar-refractivity contribution in [1.82, 2.24) is 0 Å². The fraction of sp³-hybridized carbons (Fsp3) is 0.619. The van der Waals surface area contributed by atoms with Crippen molar-refractivity contribution in [2.45, 2.75) is 64.1 Å². The number of allylic oxidation sites excluding steroid dienone is 1. The molecular formula is C21H27F3O. The summed E-state index contributed by atoms with van der Waals surface area (Å²) in [6.45, 7) is 3.81. The number of hydrogen-bond donors (Lipinski definition) is 0. The molecule has 0 aliphatic heterocycles. The van der Waals surface area contributed by atoms with Gasteiger partial charge in [-0.3, -0.25) is 0 Å². The predicted octanol–water partition coefficient (Wildman–Crippen LogP) is 6.46. The third kappa shape index (κ3) is 5.02. The van der Waals surface area contributed by atoms with Crippen LogP contribution in [0.1, 0.15) is 56.1 Å². The average Bonchev–Trinajstić information content (AvgIpc) is 2.58. The van der Waals surface area contributed by atoms with Crippen molar-refractivity contribution in [3.63, 3.8) is 0 Å². The lowest BCUT2D eigenvalue weighted by Crippen LogP contribution is -2.26. The third-order valence-corrected chi connectivity index (χ3v) is 6.01. The van der Waals surface area contributed by atoms with Gasteiger partial charge >= 0.3 is 6.36 Å². The Morgan fingerprint density at radius 3 is 2.48 bits per heavy atom. The SMILES string of the molecule is C=CCCC1CCC(C2CCc3cc(OC(F)(F)F)ccc3C2)CC1. The number of aryl methyl sites for hydroxylation is 1. The molecule has 138 valence electrons. The molecule has 1 atom stereocenters. The number of alkyl halides is 3. The second-order valence-corrected chi connectivity index (χ2v) is 7.63. The molecule has 0 heterocycles. The summed E-state index contributed by atoms with van der Waals surface area (Å²) >= 11 is 0. The van der Waals surface area contributed by atoms with Crippen molar-refractivity contribution >= 4 is 0 Å². The van der Waals surface area contributed by atoms with Crippen molar-refractivity contribution < 1.29 is 17.9 Å². The Kier molecular flexibility index (Phi) is 5.75. The Balaban J connectivity index is 1.56. The Labute approximate surface area is 148 Å². The van der Waals surface area contributed by atoms with Gasteiger partial charge in [0.25, 0.3) is 0 Å². The average molecular weight is 352 g/mol. The first kappa shape index (κ1) is 18.3. The first-order valence-corrected chi connectivity index (χ1v) is 9.43. The van der Waals surface area contributed by atoms with Crippen LogP contribution in [0.3, 0.4) is 0 Å². The third-order valence-electron chi connectivity index (χ3n) is 6.01. The van der Waals surface area contributed by atoms with Crippen molar-refractivity contribution in [2.24, 2.45) is 17.8 Å². The van der Waals surface area contributed by atoms with Crippen LogP contribution in [0.25, 0.3) is 0 Å². The number of hydrogen-bond acceptors (Lipinski definition) is 1. The number of ether oxygens (including phenoxy) is 1. The molecule has 1 aromatic carbocycles. The van der Waals surface area contributed by atoms with Gasteiger partial charge in [0, 0.05) is 0 Å². The molecule has 25 heavy (non-hydrogen) atoms. The molecule has 1 saturated carbocycles. The van der Waals surface area contributed by atoms with E-state index in [2.05, 4.69) is 11.3 Å². The molecule has 3 rings (SSSR count). The molecule has 0 bridgehead atoms. The summed E-state index contributed by atoms with van der Waals surface area (Å²) in [7, 11) is 0. The Bertz CT molecular complexity index is 585. The summed E-state index contributed by atoms with van der Waals surface area (Å²) in [5, 5.41) is 0. The number of halogens is 3. The van der Waals surface area contributed by atoms with Gasteiger partial charge < -0.3 is 4.74 Å². The molecule has 1 fully saturated rings. The lowest BCUT2D eigenvalue weighted by atomic mass is 9.69. The van der Waals surface area contributed by atoms with Gasteiger partial charge in [-0.2, -0.15) is 0 Å². The Hall–Kier alpha value is -1.45. The highest BCUT2D eigenvalue weighted by Crippen LogP contribution is 2.41. The zero-order chi connectivity index (χ0) is 17.9. The van der Waals surface area contributed by atoms with Gasteiger partial charge in [-0.1, -0.05) is 25.0 Å². The highest BCUT2D eigenvalue weighted by Gasteiger charge is 2.33. The van der Waals surface area contributed by atoms with Crippen LogP contribution < -0.4 is 4.74 Å². The maximum atomic E-state index is 12.4. The zero-order valence-corrected chi connectivity index (χ0v) is 14.7. The molecule has 0 saturated heterocycles. The van der Waals surface area contributed by atoms with Crippen LogP contribution >= 0.6 is 0 Å². The zero-order valence-electron chi connectivity index (χ0n) is 14.7. The fourth-order valence-electron chi connectivity index (χ4n) is 4.66. The minimum absolute atomic E-state index is 0.0903. The molecule has 0 amide bonds. The van der Waals surface area contributed by atoms with Gasteiger partial charge in [-0.25, -0.2) is 0 Å². The quantitative estimate of drug-likeness (QED) is 0.552. The van der Waals surface area contributed by atoms with Gasteiger partial charge in [-0.15, -0.1) is 19.8 Å². The Morgan fingerprint density at radius 2 is 1.80 bits per heavy atom. The van der Waals surface area contributed by atoms with E-state index in [-0.39, 0.29) is 5.75 Å². The first-order valence-electron chi connectivity index (χ1n) is 9.43. The van der Waals surface area contributed by atoms with Crippen molar-refractivity contribution in [3.8, 4) is 5.75 Å². The number of fused-ring (bicyclic) bond motifs is 1. The highest BCUT2D eigenvalue weighted by molar-refractivity contribution is 5.37. The Morgan fingerprint density at radius 1 is 1.04 bits per heavy atom. The smallest absolute Gasteiger partial charge is 0.406 e. The topological polar surface area (TPSA) is 9.23 Å². The fourth-order valence-corrected chi connectivity index (χ4v) is 4.66. The summed E-state index contributed by atoms with van der Waals surface area (Å²) in [5.74, 6) is 2.22. The standard InChI is InChI=1S/C21H27F3O/c1-2-3-4-15-5-7-16(8-6-15)17-9-10-19-14-20(25-21(22,23)24)12-11-18(19)13-17/h2,11-12,14-17H,1,3-10,13H2. The molecule has 0 aromatic heterocycles. The van der Waals surface area contributed by atoms with E-state index in [0.717, 1.165) is 43.1 Å². The van der Waals surface area contributed by atoms with Crippen molar-refractivity contribution in [1.29, 1.82) is 0 Å². The van der Waals surface area contributed by atoms with Crippen LogP contribution in [0.2, 0.25) is 0 Å². The van der Waals surface area contributed by atoms with Gasteiger partial charge in [0.05, 0.1) is 0 Å². The molecule has 0 radical (unpaired) electrons. The van der Waals surface area contributed by atoms with Crippen LogP contribution in [-0.4, -0.2) is 6.36 Å². The first-order chi connectivity index (χ1) is 11.9. The van der Waals surface area contributed by atoms with E-state index >= 15 is 0 Å². The summed E-state index contributed by atoms with van der Waals surface area (Å²) in [6, 6.07) is 4.87. The van der Waals surface area contributed by atoms with Crippen LogP contribution in [0, 0.1) is 17.8 Å². The molecule has 0 N–H and O–H groups in total. The van der Waals surface area contributed by atoms with Crippen LogP contribution in [0.4, 0.5) is 13.2 Å². The summed E-state index contributed by atoms with van der Waals surface area (Å²) in [4.78, 5) is 0. The molecule has 1 aromatic rings. The highest BCUT2D eigenvalue weighted by atomic mass is 19.4. The van der Waals surface area contributed by atoms with Crippen LogP contribution in [0.15, 0.2) is 30.9 Å². The second-order valence-electron chi connectivity index (χ2n) is 7.63. The van der Waals surface area contributed by atoms with Crippen molar-refractivity contribution in [2.75, 3.05) is 0 Å². The van der Waals surface area contributed by atoms with Gasteiger partial charge in [0.15, 0.2) is 0 Å². The van der Waals surface area contributed by atoms with Crippen LogP contribution in [-0.2, 0) is 12.8 Å². The number of benzene rings is 1. The van der Waals surface area contributed by atoms with E-state index in [1.807, 2.05) is 12.1 Å². The van der Waals surface area contributed by atoms with E-state index in [9.17, 15) is 13.2 Å². The van der Waals surface area contributed by atoms with E-state index in [0.29, 0.717) is 5.92 Å². The maximum absolute atomic E-state index is 12.4. The second kappa shape index (κ2) is 7.84. The molecule has 2 aliphatic carbocycles. The van der Waals surface area contributed by atoms with Gasteiger partial charge in [0.1, 0.15) is 5.75 Å². The number of rotatable bonds is 5. The van der Waals surface area contributed by atoms with Crippen molar-refractivity contribution in [3.05, 3.63) is 42.0 Å². The van der Waals surface area contributed by atoms with Gasteiger partial charge in [-0.05, 0) is 86.0 Å².